The summed E-state index contributed by atoms with van der Waals surface area (Å²) in [5.74, 6) is 1.39. The normalized spacial score (nSPS) is 15.0. The summed E-state index contributed by atoms with van der Waals surface area (Å²) in [5, 5.41) is 0. The first kappa shape index (κ1) is 14.2. The molecule has 5 nitrogen and oxygen atoms in total. The van der Waals surface area contributed by atoms with Gasteiger partial charge in [-0.25, -0.2) is 4.98 Å². The summed E-state index contributed by atoms with van der Waals surface area (Å²) in [6.07, 6.45) is 2.67. The van der Waals surface area contributed by atoms with Gasteiger partial charge in [-0.05, 0) is 38.4 Å². The van der Waals surface area contributed by atoms with E-state index in [0.29, 0.717) is 12.6 Å². The number of para-hydroxylation sites is 1. The molecule has 0 bridgehead atoms. The maximum atomic E-state index is 6.12. The predicted octanol–water partition coefficient (Wildman–Crippen LogP) is 2.50. The van der Waals surface area contributed by atoms with Gasteiger partial charge in [-0.3, -0.25) is 4.90 Å². The summed E-state index contributed by atoms with van der Waals surface area (Å²) in [7, 11) is 0. The maximum Gasteiger partial charge on any atom is 0.201 e. The van der Waals surface area contributed by atoms with Gasteiger partial charge in [0, 0.05) is 19.1 Å². The largest absolute Gasteiger partial charge is 0.492 e. The highest BCUT2D eigenvalue weighted by atomic mass is 16.5. The molecule has 2 aromatic rings. The van der Waals surface area contributed by atoms with Gasteiger partial charge in [0.15, 0.2) is 0 Å². The Balaban J connectivity index is 1.84. The van der Waals surface area contributed by atoms with E-state index < -0.39 is 0 Å². The summed E-state index contributed by atoms with van der Waals surface area (Å²) in [6.45, 7) is 7.84. The van der Waals surface area contributed by atoms with E-state index in [4.69, 9.17) is 10.5 Å². The number of ether oxygens (including phenoxy) is 1. The second kappa shape index (κ2) is 5.93. The molecule has 1 heterocycles. The predicted molar refractivity (Wildman–Crippen MR) is 85.6 cm³/mol. The SMILES string of the molecule is CCOc1cccc2c1nc(N)n2CCN(CC)C1CC1. The molecule has 1 saturated carbocycles. The lowest BCUT2D eigenvalue weighted by molar-refractivity contribution is 0.268. The third kappa shape index (κ3) is 2.83. The van der Waals surface area contributed by atoms with Crippen molar-refractivity contribution in [1.82, 2.24) is 14.5 Å². The van der Waals surface area contributed by atoms with Crippen LogP contribution in [0.1, 0.15) is 26.7 Å². The minimum Gasteiger partial charge on any atom is -0.492 e. The molecule has 1 aliphatic rings. The molecule has 2 N–H and O–H groups in total. The molecule has 1 aromatic heterocycles. The molecule has 114 valence electrons. The highest BCUT2D eigenvalue weighted by Crippen LogP contribution is 2.29. The fraction of sp³-hybridized carbons (Fsp3) is 0.562. The van der Waals surface area contributed by atoms with E-state index in [1.54, 1.807) is 0 Å². The number of rotatable bonds is 7. The lowest BCUT2D eigenvalue weighted by Crippen LogP contribution is -2.29. The average Bonchev–Trinajstić information content (AvgIpc) is 3.26. The van der Waals surface area contributed by atoms with E-state index in [9.17, 15) is 0 Å². The average molecular weight is 288 g/mol. The Morgan fingerprint density at radius 1 is 1.38 bits per heavy atom. The zero-order valence-electron chi connectivity index (χ0n) is 12.9. The van der Waals surface area contributed by atoms with Gasteiger partial charge < -0.3 is 15.0 Å². The molecule has 0 saturated heterocycles. The van der Waals surface area contributed by atoms with Gasteiger partial charge in [-0.15, -0.1) is 0 Å². The Hall–Kier alpha value is -1.75. The monoisotopic (exact) mass is 288 g/mol. The molecule has 0 amide bonds. The standard InChI is InChI=1S/C16H24N4O/c1-3-19(12-8-9-12)10-11-20-13-6-5-7-14(21-4-2)15(13)18-16(20)17/h5-7,12H,3-4,8-11H2,1-2H3,(H2,17,18). The van der Waals surface area contributed by atoms with E-state index in [1.165, 1.54) is 12.8 Å². The van der Waals surface area contributed by atoms with Crippen LogP contribution in [0.15, 0.2) is 18.2 Å². The number of fused-ring (bicyclic) bond motifs is 1. The molecule has 0 atom stereocenters. The number of imidazole rings is 1. The molecule has 0 spiro atoms. The van der Waals surface area contributed by atoms with E-state index in [2.05, 4.69) is 27.4 Å². The van der Waals surface area contributed by atoms with Crippen molar-refractivity contribution in [1.29, 1.82) is 0 Å². The van der Waals surface area contributed by atoms with Crippen LogP contribution in [-0.2, 0) is 6.54 Å². The van der Waals surface area contributed by atoms with Crippen molar-refractivity contribution in [3.63, 3.8) is 0 Å². The molecular weight excluding hydrogens is 264 g/mol. The second-order valence-corrected chi connectivity index (χ2v) is 5.54. The van der Waals surface area contributed by atoms with Crippen LogP contribution in [0.25, 0.3) is 11.0 Å². The number of benzene rings is 1. The number of hydrogen-bond acceptors (Lipinski definition) is 4. The van der Waals surface area contributed by atoms with Crippen LogP contribution < -0.4 is 10.5 Å². The van der Waals surface area contributed by atoms with Crippen molar-refractivity contribution in [2.24, 2.45) is 0 Å². The Labute approximate surface area is 125 Å². The number of likely N-dealkylation sites (N-methyl/N-ethyl adjacent to an activating group) is 1. The second-order valence-electron chi connectivity index (χ2n) is 5.54. The topological polar surface area (TPSA) is 56.3 Å². The van der Waals surface area contributed by atoms with Gasteiger partial charge >= 0.3 is 0 Å². The van der Waals surface area contributed by atoms with Gasteiger partial charge in [0.2, 0.25) is 5.95 Å². The van der Waals surface area contributed by atoms with Crippen molar-refractivity contribution in [2.75, 3.05) is 25.4 Å². The summed E-state index contributed by atoms with van der Waals surface area (Å²) in [6, 6.07) is 6.80. The van der Waals surface area contributed by atoms with Crippen LogP contribution in [0.3, 0.4) is 0 Å². The zero-order valence-corrected chi connectivity index (χ0v) is 12.9. The van der Waals surface area contributed by atoms with Gasteiger partial charge in [0.1, 0.15) is 11.3 Å². The van der Waals surface area contributed by atoms with Gasteiger partial charge in [0.25, 0.3) is 0 Å². The van der Waals surface area contributed by atoms with Gasteiger partial charge in [0.05, 0.1) is 12.1 Å². The maximum absolute atomic E-state index is 6.12. The van der Waals surface area contributed by atoms with Crippen LogP contribution in [0.4, 0.5) is 5.95 Å². The Morgan fingerprint density at radius 3 is 2.86 bits per heavy atom. The Bertz CT molecular complexity index is 618. The third-order valence-corrected chi connectivity index (χ3v) is 4.15. The Kier molecular flexibility index (Phi) is 4.01. The first-order valence-corrected chi connectivity index (χ1v) is 7.86. The summed E-state index contributed by atoms with van der Waals surface area (Å²) < 4.78 is 7.74. The van der Waals surface area contributed by atoms with Crippen LogP contribution in [-0.4, -0.2) is 40.2 Å². The van der Waals surface area contributed by atoms with Crippen LogP contribution >= 0.6 is 0 Å². The highest BCUT2D eigenvalue weighted by molar-refractivity contribution is 5.84. The van der Waals surface area contributed by atoms with E-state index in [0.717, 1.165) is 42.5 Å². The minimum absolute atomic E-state index is 0.573. The molecule has 3 rings (SSSR count). The van der Waals surface area contributed by atoms with Crippen molar-refractivity contribution in [3.8, 4) is 5.75 Å². The smallest absolute Gasteiger partial charge is 0.201 e. The molecule has 0 unspecified atom stereocenters. The number of anilines is 1. The quantitative estimate of drug-likeness (QED) is 0.850. The minimum atomic E-state index is 0.573. The zero-order chi connectivity index (χ0) is 14.8. The molecular formula is C16H24N4O. The number of aromatic nitrogens is 2. The van der Waals surface area contributed by atoms with Crippen LogP contribution in [0, 0.1) is 0 Å². The molecule has 0 aliphatic heterocycles. The van der Waals surface area contributed by atoms with Crippen molar-refractivity contribution >= 4 is 17.0 Å². The first-order valence-electron chi connectivity index (χ1n) is 7.86. The lowest BCUT2D eigenvalue weighted by atomic mass is 10.3. The first-order chi connectivity index (χ1) is 10.2. The van der Waals surface area contributed by atoms with Gasteiger partial charge in [-0.1, -0.05) is 13.0 Å². The molecule has 21 heavy (non-hydrogen) atoms. The fourth-order valence-electron chi connectivity index (χ4n) is 2.91. The van der Waals surface area contributed by atoms with Crippen molar-refractivity contribution in [2.45, 2.75) is 39.3 Å². The van der Waals surface area contributed by atoms with E-state index >= 15 is 0 Å². The van der Waals surface area contributed by atoms with E-state index in [-0.39, 0.29) is 0 Å². The van der Waals surface area contributed by atoms with Gasteiger partial charge in [-0.2, -0.15) is 0 Å². The molecule has 1 aromatic carbocycles. The third-order valence-electron chi connectivity index (χ3n) is 4.15. The fourth-order valence-corrected chi connectivity index (χ4v) is 2.91. The number of nitrogens with zero attached hydrogens (tertiary/aromatic N) is 3. The van der Waals surface area contributed by atoms with Crippen LogP contribution in [0.5, 0.6) is 5.75 Å². The number of hydrogen-bond donors (Lipinski definition) is 1. The highest BCUT2D eigenvalue weighted by Gasteiger charge is 2.27. The summed E-state index contributed by atoms with van der Waals surface area (Å²) >= 11 is 0. The number of nitrogens with two attached hydrogens (primary N) is 1. The summed E-state index contributed by atoms with van der Waals surface area (Å²) in [4.78, 5) is 7.02. The van der Waals surface area contributed by atoms with Crippen molar-refractivity contribution < 1.29 is 4.74 Å². The molecule has 5 heteroatoms. The Morgan fingerprint density at radius 2 is 2.19 bits per heavy atom. The molecule has 1 aliphatic carbocycles. The van der Waals surface area contributed by atoms with Crippen LogP contribution in [0.2, 0.25) is 0 Å². The van der Waals surface area contributed by atoms with E-state index in [1.807, 2.05) is 19.1 Å². The molecule has 0 radical (unpaired) electrons. The lowest BCUT2D eigenvalue weighted by Gasteiger charge is -2.20. The summed E-state index contributed by atoms with van der Waals surface area (Å²) in [5.41, 5.74) is 8.04. The van der Waals surface area contributed by atoms with Crippen molar-refractivity contribution in [3.05, 3.63) is 18.2 Å². The number of nitrogen functional groups attached to an aromatic ring is 1. The molecule has 1 fully saturated rings.